The van der Waals surface area contributed by atoms with Crippen LogP contribution in [0.25, 0.3) is 0 Å². The molecule has 0 amide bonds. The van der Waals surface area contributed by atoms with Crippen molar-refractivity contribution in [2.75, 3.05) is 33.3 Å². The zero-order valence-corrected chi connectivity index (χ0v) is 13.3. The van der Waals surface area contributed by atoms with Crippen LogP contribution in [0.1, 0.15) is 31.7 Å². The van der Waals surface area contributed by atoms with Crippen molar-refractivity contribution in [3.05, 3.63) is 35.9 Å². The molecule has 3 nitrogen and oxygen atoms in total. The highest BCUT2D eigenvalue weighted by Gasteiger charge is 2.38. The second kappa shape index (κ2) is 6.47. The largest absolute Gasteiger partial charge is 0.377 e. The maximum Gasteiger partial charge on any atom is 0.0702 e. The Kier molecular flexibility index (Phi) is 4.63. The standard InChI is InChI=1S/C18H28N2O/c1-15-17(8-13-21-15)20(2)14-18(9-11-19-12-10-18)16-6-4-3-5-7-16/h3-7,15,17,19H,8-14H2,1-2H3. The van der Waals surface area contributed by atoms with Crippen molar-refractivity contribution in [3.8, 4) is 0 Å². The predicted octanol–water partition coefficient (Wildman–Crippen LogP) is 2.42. The summed E-state index contributed by atoms with van der Waals surface area (Å²) in [4.78, 5) is 2.55. The highest BCUT2D eigenvalue weighted by molar-refractivity contribution is 5.27. The van der Waals surface area contributed by atoms with E-state index in [4.69, 9.17) is 4.74 Å². The molecule has 0 saturated carbocycles. The molecule has 0 radical (unpaired) electrons. The quantitative estimate of drug-likeness (QED) is 0.921. The highest BCUT2D eigenvalue weighted by Crippen LogP contribution is 2.35. The summed E-state index contributed by atoms with van der Waals surface area (Å²) < 4.78 is 5.76. The molecule has 2 heterocycles. The smallest absolute Gasteiger partial charge is 0.0702 e. The molecule has 116 valence electrons. The Morgan fingerprint density at radius 3 is 2.57 bits per heavy atom. The number of nitrogens with zero attached hydrogens (tertiary/aromatic N) is 1. The first-order chi connectivity index (χ1) is 10.2. The van der Waals surface area contributed by atoms with E-state index in [1.54, 1.807) is 0 Å². The van der Waals surface area contributed by atoms with Gasteiger partial charge in [0.2, 0.25) is 0 Å². The molecule has 0 spiro atoms. The van der Waals surface area contributed by atoms with Gasteiger partial charge in [-0.15, -0.1) is 0 Å². The fourth-order valence-electron chi connectivity index (χ4n) is 4.13. The maximum atomic E-state index is 5.76. The van der Waals surface area contributed by atoms with E-state index >= 15 is 0 Å². The van der Waals surface area contributed by atoms with Crippen LogP contribution in [0.15, 0.2) is 30.3 Å². The third kappa shape index (κ3) is 3.15. The van der Waals surface area contributed by atoms with Crippen LogP contribution in [-0.4, -0.2) is 50.3 Å². The van der Waals surface area contributed by atoms with Gasteiger partial charge in [0.05, 0.1) is 6.10 Å². The first-order valence-electron chi connectivity index (χ1n) is 8.29. The minimum Gasteiger partial charge on any atom is -0.377 e. The van der Waals surface area contributed by atoms with Gasteiger partial charge in [-0.05, 0) is 51.9 Å². The van der Waals surface area contributed by atoms with E-state index in [0.717, 1.165) is 26.2 Å². The van der Waals surface area contributed by atoms with Gasteiger partial charge in [-0.2, -0.15) is 0 Å². The lowest BCUT2D eigenvalue weighted by molar-refractivity contribution is 0.0706. The number of hydrogen-bond acceptors (Lipinski definition) is 3. The lowest BCUT2D eigenvalue weighted by Gasteiger charge is -2.43. The molecule has 3 heteroatoms. The van der Waals surface area contributed by atoms with Crippen molar-refractivity contribution in [3.63, 3.8) is 0 Å². The third-order valence-electron chi connectivity index (χ3n) is 5.40. The third-order valence-corrected chi connectivity index (χ3v) is 5.40. The van der Waals surface area contributed by atoms with Gasteiger partial charge in [0.25, 0.3) is 0 Å². The molecule has 0 aromatic heterocycles. The van der Waals surface area contributed by atoms with Gasteiger partial charge in [0.1, 0.15) is 0 Å². The average Bonchev–Trinajstić information content (AvgIpc) is 2.95. The van der Waals surface area contributed by atoms with E-state index in [0.29, 0.717) is 17.6 Å². The number of ether oxygens (including phenoxy) is 1. The van der Waals surface area contributed by atoms with Crippen molar-refractivity contribution < 1.29 is 4.74 Å². The molecule has 3 rings (SSSR count). The Bertz CT molecular complexity index is 442. The van der Waals surface area contributed by atoms with Crippen molar-refractivity contribution >= 4 is 0 Å². The topological polar surface area (TPSA) is 24.5 Å². The number of likely N-dealkylation sites (N-methyl/N-ethyl adjacent to an activating group) is 1. The van der Waals surface area contributed by atoms with Gasteiger partial charge < -0.3 is 10.1 Å². The molecule has 2 aliphatic heterocycles. The highest BCUT2D eigenvalue weighted by atomic mass is 16.5. The van der Waals surface area contributed by atoms with Gasteiger partial charge in [-0.3, -0.25) is 4.90 Å². The summed E-state index contributed by atoms with van der Waals surface area (Å²) in [6.45, 7) is 6.51. The second-order valence-electron chi connectivity index (χ2n) is 6.74. The molecular formula is C18H28N2O. The van der Waals surface area contributed by atoms with E-state index in [1.807, 2.05) is 0 Å². The molecule has 1 aromatic carbocycles. The van der Waals surface area contributed by atoms with E-state index in [1.165, 1.54) is 24.8 Å². The minimum absolute atomic E-state index is 0.295. The van der Waals surface area contributed by atoms with Crippen molar-refractivity contribution in [1.29, 1.82) is 0 Å². The Labute approximate surface area is 128 Å². The maximum absolute atomic E-state index is 5.76. The van der Waals surface area contributed by atoms with E-state index in [2.05, 4.69) is 54.5 Å². The molecule has 0 aliphatic carbocycles. The van der Waals surface area contributed by atoms with Crippen LogP contribution >= 0.6 is 0 Å². The average molecular weight is 288 g/mol. The van der Waals surface area contributed by atoms with Crippen LogP contribution in [0.4, 0.5) is 0 Å². The number of hydrogen-bond donors (Lipinski definition) is 1. The van der Waals surface area contributed by atoms with Crippen LogP contribution in [0, 0.1) is 0 Å². The molecule has 1 N–H and O–H groups in total. The van der Waals surface area contributed by atoms with E-state index in [-0.39, 0.29) is 0 Å². The number of rotatable bonds is 4. The Morgan fingerprint density at radius 2 is 1.95 bits per heavy atom. The summed E-state index contributed by atoms with van der Waals surface area (Å²) in [7, 11) is 2.28. The van der Waals surface area contributed by atoms with Crippen LogP contribution in [-0.2, 0) is 10.2 Å². The molecule has 2 fully saturated rings. The van der Waals surface area contributed by atoms with Crippen LogP contribution < -0.4 is 5.32 Å². The molecule has 2 unspecified atom stereocenters. The van der Waals surface area contributed by atoms with Gasteiger partial charge in [-0.25, -0.2) is 0 Å². The Balaban J connectivity index is 1.79. The number of piperidine rings is 1. The summed E-state index contributed by atoms with van der Waals surface area (Å²) in [6.07, 6.45) is 3.98. The molecule has 0 bridgehead atoms. The SMILES string of the molecule is CC1OCCC1N(C)CC1(c2ccccc2)CCNCC1. The van der Waals surface area contributed by atoms with E-state index in [9.17, 15) is 0 Å². The summed E-state index contributed by atoms with van der Waals surface area (Å²) >= 11 is 0. The van der Waals surface area contributed by atoms with Gasteiger partial charge >= 0.3 is 0 Å². The summed E-state index contributed by atoms with van der Waals surface area (Å²) in [6, 6.07) is 11.7. The lowest BCUT2D eigenvalue weighted by Crippen LogP contribution is -2.50. The van der Waals surface area contributed by atoms with Crippen LogP contribution in [0.2, 0.25) is 0 Å². The van der Waals surface area contributed by atoms with Gasteiger partial charge in [0.15, 0.2) is 0 Å². The first kappa shape index (κ1) is 15.0. The lowest BCUT2D eigenvalue weighted by atomic mass is 9.72. The molecular weight excluding hydrogens is 260 g/mol. The Morgan fingerprint density at radius 1 is 1.24 bits per heavy atom. The minimum atomic E-state index is 0.295. The second-order valence-corrected chi connectivity index (χ2v) is 6.74. The Hall–Kier alpha value is -0.900. The van der Waals surface area contributed by atoms with Gasteiger partial charge in [-0.1, -0.05) is 30.3 Å². The van der Waals surface area contributed by atoms with Crippen molar-refractivity contribution in [2.45, 2.75) is 43.7 Å². The van der Waals surface area contributed by atoms with Crippen molar-refractivity contribution in [1.82, 2.24) is 10.2 Å². The monoisotopic (exact) mass is 288 g/mol. The predicted molar refractivity (Wildman–Crippen MR) is 86.7 cm³/mol. The zero-order chi connectivity index (χ0) is 14.7. The molecule has 2 saturated heterocycles. The van der Waals surface area contributed by atoms with Gasteiger partial charge in [0, 0.05) is 24.6 Å². The first-order valence-corrected chi connectivity index (χ1v) is 8.29. The normalized spacial score (nSPS) is 28.9. The van der Waals surface area contributed by atoms with Crippen LogP contribution in [0.5, 0.6) is 0 Å². The van der Waals surface area contributed by atoms with E-state index < -0.39 is 0 Å². The summed E-state index contributed by atoms with van der Waals surface area (Å²) in [5.41, 5.74) is 1.80. The van der Waals surface area contributed by atoms with Crippen LogP contribution in [0.3, 0.4) is 0 Å². The fraction of sp³-hybridized carbons (Fsp3) is 0.667. The molecule has 2 aliphatic rings. The summed E-state index contributed by atoms with van der Waals surface area (Å²) in [5.74, 6) is 0. The van der Waals surface area contributed by atoms with Crippen molar-refractivity contribution in [2.24, 2.45) is 0 Å². The summed E-state index contributed by atoms with van der Waals surface area (Å²) in [5, 5.41) is 3.52. The zero-order valence-electron chi connectivity index (χ0n) is 13.3. The number of benzene rings is 1. The molecule has 2 atom stereocenters. The number of nitrogens with one attached hydrogen (secondary N) is 1. The molecule has 1 aromatic rings. The fourth-order valence-corrected chi connectivity index (χ4v) is 4.13. The molecule has 21 heavy (non-hydrogen) atoms.